The molecule has 0 amide bonds. The molecule has 4 rings (SSSR count). The highest BCUT2D eigenvalue weighted by atomic mass is 16.3. The van der Waals surface area contributed by atoms with E-state index in [1.54, 1.807) is 0 Å². The molecular weight excluding hydrogens is 272 g/mol. The van der Waals surface area contributed by atoms with Crippen LogP contribution in [-0.4, -0.2) is 15.1 Å². The van der Waals surface area contributed by atoms with E-state index in [4.69, 9.17) is 0 Å². The Balaban J connectivity index is 1.95. The van der Waals surface area contributed by atoms with Crippen LogP contribution < -0.4 is 0 Å². The maximum absolute atomic E-state index is 9.52. The van der Waals surface area contributed by atoms with Crippen LogP contribution in [0.3, 0.4) is 0 Å². The van der Waals surface area contributed by atoms with E-state index in [-0.39, 0.29) is 5.76 Å². The van der Waals surface area contributed by atoms with Crippen LogP contribution in [0.1, 0.15) is 5.56 Å². The van der Waals surface area contributed by atoms with Gasteiger partial charge in [0, 0.05) is 11.1 Å². The molecule has 1 heterocycles. The lowest BCUT2D eigenvalue weighted by Gasteiger charge is -2.03. The Morgan fingerprint density at radius 2 is 1.82 bits per heavy atom. The first-order chi connectivity index (χ1) is 10.7. The highest BCUT2D eigenvalue weighted by molar-refractivity contribution is 5.96. The quantitative estimate of drug-likeness (QED) is 0.514. The van der Waals surface area contributed by atoms with E-state index in [9.17, 15) is 5.11 Å². The first-order valence-electron chi connectivity index (χ1n) is 7.08. The second-order valence-electron chi connectivity index (χ2n) is 5.29. The third-order valence-electron chi connectivity index (χ3n) is 3.86. The monoisotopic (exact) mass is 286 g/mol. The minimum atomic E-state index is 0.0524. The molecule has 0 spiro atoms. The van der Waals surface area contributed by atoms with Crippen molar-refractivity contribution < 1.29 is 5.11 Å². The molecule has 3 aromatic carbocycles. The zero-order valence-corrected chi connectivity index (χ0v) is 11.9. The molecule has 0 radical (unpaired) electrons. The van der Waals surface area contributed by atoms with Gasteiger partial charge < -0.3 is 10.1 Å². The Labute approximate surface area is 127 Å². The first-order valence-corrected chi connectivity index (χ1v) is 7.08. The van der Waals surface area contributed by atoms with Crippen molar-refractivity contribution >= 4 is 27.6 Å². The number of aliphatic hydroxyl groups is 1. The molecule has 3 heteroatoms. The summed E-state index contributed by atoms with van der Waals surface area (Å²) in [5.41, 5.74) is 3.51. The molecule has 3 nitrogen and oxygen atoms in total. The van der Waals surface area contributed by atoms with Gasteiger partial charge in [0.15, 0.2) is 0 Å². The number of benzene rings is 3. The average molecular weight is 286 g/mol. The van der Waals surface area contributed by atoms with Crippen LogP contribution in [0.4, 0.5) is 0 Å². The predicted octanol–water partition coefficient (Wildman–Crippen LogP) is 4.91. The molecular formula is C19H14N2O. The van der Waals surface area contributed by atoms with Gasteiger partial charge in [-0.25, -0.2) is 4.98 Å². The van der Waals surface area contributed by atoms with E-state index >= 15 is 0 Å². The number of nitrogens with zero attached hydrogens (tertiary/aromatic N) is 1. The Morgan fingerprint density at radius 3 is 2.68 bits per heavy atom. The standard InChI is InChI=1S/C19H14N2O/c1-12(22)14-9-10-17-18(11-14)21-19(20-17)16-8-4-6-13-5-2-3-7-15(13)16/h2-11,22H,1H2,(H,20,21). The Bertz CT molecular complexity index is 1010. The van der Waals surface area contributed by atoms with Gasteiger partial charge in [0.2, 0.25) is 0 Å². The SMILES string of the molecule is C=C(O)c1ccc2[nH]c(-c3cccc4ccccc34)nc2c1. The minimum Gasteiger partial charge on any atom is -0.508 e. The van der Waals surface area contributed by atoms with Crippen molar-refractivity contribution in [2.45, 2.75) is 0 Å². The molecule has 1 aromatic heterocycles. The smallest absolute Gasteiger partial charge is 0.139 e. The van der Waals surface area contributed by atoms with Gasteiger partial charge in [-0.15, -0.1) is 0 Å². The molecule has 0 saturated heterocycles. The number of aromatic nitrogens is 2. The number of nitrogens with one attached hydrogen (secondary N) is 1. The number of hydrogen-bond donors (Lipinski definition) is 2. The van der Waals surface area contributed by atoms with Gasteiger partial charge in [-0.2, -0.15) is 0 Å². The van der Waals surface area contributed by atoms with Gasteiger partial charge in [-0.3, -0.25) is 0 Å². The van der Waals surface area contributed by atoms with Crippen molar-refractivity contribution in [3.8, 4) is 11.4 Å². The van der Waals surface area contributed by atoms with Gasteiger partial charge in [0.25, 0.3) is 0 Å². The van der Waals surface area contributed by atoms with Crippen molar-refractivity contribution in [1.82, 2.24) is 9.97 Å². The summed E-state index contributed by atoms with van der Waals surface area (Å²) in [7, 11) is 0. The summed E-state index contributed by atoms with van der Waals surface area (Å²) in [5, 5.41) is 11.9. The molecule has 0 fully saturated rings. The number of hydrogen-bond acceptors (Lipinski definition) is 2. The molecule has 106 valence electrons. The highest BCUT2D eigenvalue weighted by Gasteiger charge is 2.09. The fraction of sp³-hybridized carbons (Fsp3) is 0. The van der Waals surface area contributed by atoms with Crippen molar-refractivity contribution in [1.29, 1.82) is 0 Å². The molecule has 0 bridgehead atoms. The fourth-order valence-corrected chi connectivity index (χ4v) is 2.74. The molecule has 0 aliphatic heterocycles. The van der Waals surface area contributed by atoms with Gasteiger partial charge in [-0.05, 0) is 29.0 Å². The molecule has 0 unspecified atom stereocenters. The largest absolute Gasteiger partial charge is 0.508 e. The van der Waals surface area contributed by atoms with Gasteiger partial charge in [-0.1, -0.05) is 49.0 Å². The number of fused-ring (bicyclic) bond motifs is 2. The number of aliphatic hydroxyl groups excluding tert-OH is 1. The Morgan fingerprint density at radius 1 is 1.00 bits per heavy atom. The lowest BCUT2D eigenvalue weighted by Crippen LogP contribution is -1.83. The summed E-state index contributed by atoms with van der Waals surface area (Å²) >= 11 is 0. The van der Waals surface area contributed by atoms with Crippen molar-refractivity contribution in [2.24, 2.45) is 0 Å². The van der Waals surface area contributed by atoms with Crippen molar-refractivity contribution in [3.05, 3.63) is 72.8 Å². The second kappa shape index (κ2) is 4.74. The second-order valence-corrected chi connectivity index (χ2v) is 5.29. The van der Waals surface area contributed by atoms with E-state index in [1.165, 1.54) is 5.39 Å². The topological polar surface area (TPSA) is 48.9 Å². The molecule has 0 aliphatic rings. The van der Waals surface area contributed by atoms with Crippen molar-refractivity contribution in [2.75, 3.05) is 0 Å². The summed E-state index contributed by atoms with van der Waals surface area (Å²) in [6, 6.07) is 20.0. The summed E-state index contributed by atoms with van der Waals surface area (Å²) in [6.45, 7) is 3.56. The van der Waals surface area contributed by atoms with Crippen LogP contribution in [0.2, 0.25) is 0 Å². The third kappa shape index (κ3) is 1.95. The summed E-state index contributed by atoms with van der Waals surface area (Å²) in [6.07, 6.45) is 0. The van der Waals surface area contributed by atoms with Crippen LogP contribution in [0.15, 0.2) is 67.2 Å². The summed E-state index contributed by atoms with van der Waals surface area (Å²) in [5.74, 6) is 0.879. The Kier molecular flexibility index (Phi) is 2.73. The van der Waals surface area contributed by atoms with E-state index in [0.29, 0.717) is 5.56 Å². The number of imidazole rings is 1. The van der Waals surface area contributed by atoms with E-state index < -0.39 is 0 Å². The normalized spacial score (nSPS) is 11.1. The highest BCUT2D eigenvalue weighted by Crippen LogP contribution is 2.28. The average Bonchev–Trinajstić information content (AvgIpc) is 2.97. The maximum Gasteiger partial charge on any atom is 0.139 e. The van der Waals surface area contributed by atoms with Crippen LogP contribution in [0.5, 0.6) is 0 Å². The molecule has 22 heavy (non-hydrogen) atoms. The van der Waals surface area contributed by atoms with Gasteiger partial charge >= 0.3 is 0 Å². The Hall–Kier alpha value is -3.07. The lowest BCUT2D eigenvalue weighted by molar-refractivity contribution is 0.514. The lowest BCUT2D eigenvalue weighted by atomic mass is 10.0. The zero-order valence-electron chi connectivity index (χ0n) is 11.9. The minimum absolute atomic E-state index is 0.0524. The number of rotatable bonds is 2. The van der Waals surface area contributed by atoms with Crippen LogP contribution in [0, 0.1) is 0 Å². The molecule has 0 aliphatic carbocycles. The maximum atomic E-state index is 9.52. The molecule has 0 saturated carbocycles. The molecule has 2 N–H and O–H groups in total. The van der Waals surface area contributed by atoms with E-state index in [0.717, 1.165) is 27.8 Å². The van der Waals surface area contributed by atoms with Crippen LogP contribution >= 0.6 is 0 Å². The van der Waals surface area contributed by atoms with Gasteiger partial charge in [0.05, 0.1) is 11.0 Å². The third-order valence-corrected chi connectivity index (χ3v) is 3.86. The summed E-state index contributed by atoms with van der Waals surface area (Å²) in [4.78, 5) is 8.02. The van der Waals surface area contributed by atoms with E-state index in [1.807, 2.05) is 36.4 Å². The zero-order chi connectivity index (χ0) is 15.1. The van der Waals surface area contributed by atoms with Crippen molar-refractivity contribution in [3.63, 3.8) is 0 Å². The van der Waals surface area contributed by atoms with Gasteiger partial charge in [0.1, 0.15) is 11.6 Å². The van der Waals surface area contributed by atoms with Crippen LogP contribution in [0.25, 0.3) is 39.0 Å². The fourth-order valence-electron chi connectivity index (χ4n) is 2.74. The summed E-state index contributed by atoms with van der Waals surface area (Å²) < 4.78 is 0. The number of aromatic amines is 1. The van der Waals surface area contributed by atoms with E-state index in [2.05, 4.69) is 40.8 Å². The van der Waals surface area contributed by atoms with Crippen LogP contribution in [-0.2, 0) is 0 Å². The first kappa shape index (κ1) is 12.7. The molecule has 4 aromatic rings. The predicted molar refractivity (Wildman–Crippen MR) is 90.7 cm³/mol. The number of H-pyrrole nitrogens is 1. The molecule has 0 atom stereocenters.